The van der Waals surface area contributed by atoms with Crippen molar-refractivity contribution in [3.63, 3.8) is 0 Å². The first-order valence-corrected chi connectivity index (χ1v) is 6.75. The first kappa shape index (κ1) is 11.2. The smallest absolute Gasteiger partial charge is 0.202 e. The molecule has 4 rings (SSSR count). The number of fused-ring (bicyclic) bond motifs is 1. The molecule has 1 saturated carbocycles. The fourth-order valence-corrected chi connectivity index (χ4v) is 3.59. The molecule has 2 aromatic carbocycles. The molecular formula is C17H16O2. The zero-order valence-electron chi connectivity index (χ0n) is 10.6. The molecule has 96 valence electrons. The van der Waals surface area contributed by atoms with Crippen LogP contribution in [0.5, 0.6) is 0 Å². The fraction of sp³-hybridized carbons (Fsp3) is 0.294. The third-order valence-corrected chi connectivity index (χ3v) is 4.66. The highest BCUT2D eigenvalue weighted by atomic mass is 16.6. The van der Waals surface area contributed by atoms with Gasteiger partial charge in [-0.1, -0.05) is 60.7 Å². The Morgan fingerprint density at radius 1 is 0.895 bits per heavy atom. The molecule has 0 spiro atoms. The van der Waals surface area contributed by atoms with Crippen LogP contribution in [0, 0.1) is 5.92 Å². The first-order valence-electron chi connectivity index (χ1n) is 6.75. The Kier molecular flexibility index (Phi) is 2.17. The normalized spacial score (nSPS) is 35.9. The second-order valence-electron chi connectivity index (χ2n) is 5.56. The highest BCUT2D eigenvalue weighted by Crippen LogP contribution is 2.68. The first-order chi connectivity index (χ1) is 9.27. The second-order valence-corrected chi connectivity index (χ2v) is 5.56. The standard InChI is InChI=1S/C17H16O2/c18-17(14-9-5-2-6-10-14)16(11-15(16)12-19-17)13-7-3-1-4-8-13/h1-10,15,18H,11-12H2. The van der Waals surface area contributed by atoms with Gasteiger partial charge in [0.25, 0.3) is 0 Å². The largest absolute Gasteiger partial charge is 0.361 e. The lowest BCUT2D eigenvalue weighted by Gasteiger charge is -2.33. The Labute approximate surface area is 112 Å². The third-order valence-electron chi connectivity index (χ3n) is 4.66. The second kappa shape index (κ2) is 3.69. The van der Waals surface area contributed by atoms with E-state index in [1.165, 1.54) is 5.56 Å². The van der Waals surface area contributed by atoms with Gasteiger partial charge in [0.05, 0.1) is 12.0 Å². The summed E-state index contributed by atoms with van der Waals surface area (Å²) < 4.78 is 5.80. The molecule has 1 heterocycles. The average Bonchev–Trinajstić information content (AvgIpc) is 3.16. The van der Waals surface area contributed by atoms with E-state index in [-0.39, 0.29) is 5.41 Å². The van der Waals surface area contributed by atoms with Crippen molar-refractivity contribution in [2.45, 2.75) is 17.6 Å². The number of aliphatic hydroxyl groups is 1. The van der Waals surface area contributed by atoms with Gasteiger partial charge in [-0.05, 0) is 17.9 Å². The highest BCUT2D eigenvalue weighted by molar-refractivity contribution is 5.43. The molecule has 2 aliphatic rings. The maximum Gasteiger partial charge on any atom is 0.202 e. The van der Waals surface area contributed by atoms with Crippen molar-refractivity contribution in [2.24, 2.45) is 5.92 Å². The number of benzene rings is 2. The molecule has 19 heavy (non-hydrogen) atoms. The summed E-state index contributed by atoms with van der Waals surface area (Å²) in [5.41, 5.74) is 1.79. The SMILES string of the molecule is OC1(c2ccccc2)OCC2CC21c1ccccc1. The molecule has 1 aliphatic heterocycles. The van der Waals surface area contributed by atoms with E-state index in [4.69, 9.17) is 4.74 Å². The number of hydrogen-bond acceptors (Lipinski definition) is 2. The predicted octanol–water partition coefficient (Wildman–Crippen LogP) is 2.82. The third kappa shape index (κ3) is 1.33. The van der Waals surface area contributed by atoms with E-state index in [9.17, 15) is 5.11 Å². The van der Waals surface area contributed by atoms with Crippen molar-refractivity contribution in [1.82, 2.24) is 0 Å². The number of hydrogen-bond donors (Lipinski definition) is 1. The lowest BCUT2D eigenvalue weighted by atomic mass is 9.82. The molecule has 2 aromatic rings. The van der Waals surface area contributed by atoms with Crippen molar-refractivity contribution in [3.8, 4) is 0 Å². The molecule has 2 fully saturated rings. The summed E-state index contributed by atoms with van der Waals surface area (Å²) in [6.07, 6.45) is 1.00. The fourth-order valence-electron chi connectivity index (χ4n) is 3.59. The molecule has 0 aromatic heterocycles. The molecule has 3 unspecified atom stereocenters. The quantitative estimate of drug-likeness (QED) is 0.890. The molecule has 1 N–H and O–H groups in total. The van der Waals surface area contributed by atoms with Gasteiger partial charge < -0.3 is 9.84 Å². The molecule has 1 saturated heterocycles. The topological polar surface area (TPSA) is 29.5 Å². The van der Waals surface area contributed by atoms with E-state index < -0.39 is 5.79 Å². The lowest BCUT2D eigenvalue weighted by molar-refractivity contribution is -0.209. The Bertz CT molecular complexity index is 556. The summed E-state index contributed by atoms with van der Waals surface area (Å²) in [7, 11) is 0. The summed E-state index contributed by atoms with van der Waals surface area (Å²) in [5, 5.41) is 11.2. The van der Waals surface area contributed by atoms with Crippen LogP contribution >= 0.6 is 0 Å². The summed E-state index contributed by atoms with van der Waals surface area (Å²) in [6, 6.07) is 20.0. The van der Waals surface area contributed by atoms with E-state index in [0.29, 0.717) is 12.5 Å². The minimum absolute atomic E-state index is 0.254. The summed E-state index contributed by atoms with van der Waals surface area (Å²) in [4.78, 5) is 0. The summed E-state index contributed by atoms with van der Waals surface area (Å²) in [6.45, 7) is 0.639. The molecule has 0 amide bonds. The summed E-state index contributed by atoms with van der Waals surface area (Å²) >= 11 is 0. The number of ether oxygens (including phenoxy) is 1. The van der Waals surface area contributed by atoms with Crippen LogP contribution < -0.4 is 0 Å². The zero-order valence-corrected chi connectivity index (χ0v) is 10.6. The van der Waals surface area contributed by atoms with Gasteiger partial charge >= 0.3 is 0 Å². The summed E-state index contributed by atoms with van der Waals surface area (Å²) in [5.74, 6) is -0.750. The van der Waals surface area contributed by atoms with Crippen LogP contribution in [0.1, 0.15) is 17.5 Å². The molecule has 2 heteroatoms. The molecule has 2 nitrogen and oxygen atoms in total. The molecule has 1 aliphatic carbocycles. The van der Waals surface area contributed by atoms with Crippen LogP contribution in [0.4, 0.5) is 0 Å². The van der Waals surface area contributed by atoms with Crippen LogP contribution in [-0.4, -0.2) is 11.7 Å². The van der Waals surface area contributed by atoms with E-state index in [1.807, 2.05) is 48.5 Å². The van der Waals surface area contributed by atoms with Crippen LogP contribution in [0.15, 0.2) is 60.7 Å². The van der Waals surface area contributed by atoms with E-state index >= 15 is 0 Å². The maximum absolute atomic E-state index is 11.2. The van der Waals surface area contributed by atoms with Gasteiger partial charge in [-0.25, -0.2) is 0 Å². The minimum Gasteiger partial charge on any atom is -0.361 e. The molecule has 0 radical (unpaired) electrons. The lowest BCUT2D eigenvalue weighted by Crippen LogP contribution is -2.39. The van der Waals surface area contributed by atoms with E-state index in [0.717, 1.165) is 12.0 Å². The van der Waals surface area contributed by atoms with Crippen molar-refractivity contribution >= 4 is 0 Å². The van der Waals surface area contributed by atoms with Gasteiger partial charge in [-0.15, -0.1) is 0 Å². The Hall–Kier alpha value is -1.64. The van der Waals surface area contributed by atoms with Gasteiger partial charge in [0.1, 0.15) is 0 Å². The predicted molar refractivity (Wildman–Crippen MR) is 72.5 cm³/mol. The number of rotatable bonds is 2. The van der Waals surface area contributed by atoms with Gasteiger partial charge in [0.15, 0.2) is 0 Å². The monoisotopic (exact) mass is 252 g/mol. The Balaban J connectivity index is 1.86. The van der Waals surface area contributed by atoms with Gasteiger partial charge in [0, 0.05) is 5.56 Å². The van der Waals surface area contributed by atoms with Crippen LogP contribution in [0.25, 0.3) is 0 Å². The van der Waals surface area contributed by atoms with Gasteiger partial charge in [0.2, 0.25) is 5.79 Å². The minimum atomic E-state index is -1.18. The van der Waals surface area contributed by atoms with E-state index in [2.05, 4.69) is 12.1 Å². The molecule has 0 bridgehead atoms. The van der Waals surface area contributed by atoms with Crippen molar-refractivity contribution < 1.29 is 9.84 Å². The van der Waals surface area contributed by atoms with Crippen molar-refractivity contribution in [2.75, 3.05) is 6.61 Å². The maximum atomic E-state index is 11.2. The van der Waals surface area contributed by atoms with Crippen LogP contribution in [-0.2, 0) is 15.9 Å². The van der Waals surface area contributed by atoms with E-state index in [1.54, 1.807) is 0 Å². The molecule has 3 atom stereocenters. The van der Waals surface area contributed by atoms with Crippen LogP contribution in [0.3, 0.4) is 0 Å². The van der Waals surface area contributed by atoms with Crippen LogP contribution in [0.2, 0.25) is 0 Å². The zero-order chi connectivity index (χ0) is 12.9. The Morgan fingerprint density at radius 2 is 1.47 bits per heavy atom. The average molecular weight is 252 g/mol. The highest BCUT2D eigenvalue weighted by Gasteiger charge is 2.73. The van der Waals surface area contributed by atoms with Gasteiger partial charge in [-0.3, -0.25) is 0 Å². The van der Waals surface area contributed by atoms with Crippen molar-refractivity contribution in [3.05, 3.63) is 71.8 Å². The van der Waals surface area contributed by atoms with Crippen molar-refractivity contribution in [1.29, 1.82) is 0 Å². The Morgan fingerprint density at radius 3 is 2.05 bits per heavy atom. The molecular weight excluding hydrogens is 236 g/mol. The van der Waals surface area contributed by atoms with Gasteiger partial charge in [-0.2, -0.15) is 0 Å².